The molecule has 1 unspecified atom stereocenters. The van der Waals surface area contributed by atoms with Crippen molar-refractivity contribution in [3.05, 3.63) is 11.6 Å². The Balaban J connectivity index is 4.03. The summed E-state index contributed by atoms with van der Waals surface area (Å²) in [7, 11) is 5.95. The van der Waals surface area contributed by atoms with Gasteiger partial charge in [-0.15, -0.1) is 0 Å². The minimum absolute atomic E-state index is 0.283. The molecule has 0 fully saturated rings. The minimum Gasteiger partial charge on any atom is -0.478 e. The molecule has 0 aliphatic rings. The van der Waals surface area contributed by atoms with Gasteiger partial charge in [0.1, 0.15) is 12.6 Å². The van der Waals surface area contributed by atoms with E-state index in [2.05, 4.69) is 0 Å². The summed E-state index contributed by atoms with van der Waals surface area (Å²) in [6, 6.07) is 0. The molecule has 1 atom stereocenters. The topological polar surface area (TPSA) is 57.5 Å². The fraction of sp³-hybridized carbons (Fsp3) is 0.700. The van der Waals surface area contributed by atoms with Crippen LogP contribution < -0.4 is 0 Å². The summed E-state index contributed by atoms with van der Waals surface area (Å²) >= 11 is 0. The molecule has 4 heteroatoms. The van der Waals surface area contributed by atoms with Gasteiger partial charge in [-0.25, -0.2) is 4.79 Å². The van der Waals surface area contributed by atoms with E-state index in [1.54, 1.807) is 6.08 Å². The summed E-state index contributed by atoms with van der Waals surface area (Å²) < 4.78 is 0.668. The molecule has 82 valence electrons. The van der Waals surface area contributed by atoms with Gasteiger partial charge >= 0.3 is 5.97 Å². The summed E-state index contributed by atoms with van der Waals surface area (Å²) in [5.74, 6) is -0.928. The van der Waals surface area contributed by atoms with Gasteiger partial charge in [-0.1, -0.05) is 6.08 Å². The Bertz CT molecular complexity index is 228. The van der Waals surface area contributed by atoms with Crippen LogP contribution in [0.15, 0.2) is 11.6 Å². The quantitative estimate of drug-likeness (QED) is 0.503. The van der Waals surface area contributed by atoms with E-state index in [1.165, 1.54) is 6.92 Å². The second-order valence-corrected chi connectivity index (χ2v) is 4.55. The number of quaternary nitrogens is 1. The Hall–Kier alpha value is -0.870. The molecule has 4 nitrogen and oxygen atoms in total. The molecule has 0 aromatic carbocycles. The van der Waals surface area contributed by atoms with Crippen molar-refractivity contribution < 1.29 is 19.5 Å². The predicted molar refractivity (Wildman–Crippen MR) is 54.9 cm³/mol. The predicted octanol–water partition coefficient (Wildman–Crippen LogP) is 0.474. The first-order valence-electron chi connectivity index (χ1n) is 4.61. The standard InChI is InChI=1S/C10H19NO3/c1-8(10(13)14)5-6-9(12)7-11(2,3)4/h5,9,12H,6-7H2,1-4H3/p+1. The van der Waals surface area contributed by atoms with E-state index in [-0.39, 0.29) is 5.57 Å². The highest BCUT2D eigenvalue weighted by Crippen LogP contribution is 2.03. The maximum absolute atomic E-state index is 10.4. The fourth-order valence-electron chi connectivity index (χ4n) is 1.11. The largest absolute Gasteiger partial charge is 0.478 e. The van der Waals surface area contributed by atoms with Gasteiger partial charge in [0.2, 0.25) is 0 Å². The van der Waals surface area contributed by atoms with Gasteiger partial charge in [0.15, 0.2) is 0 Å². The van der Waals surface area contributed by atoms with Crippen LogP contribution in [0.25, 0.3) is 0 Å². The molecule has 0 aromatic rings. The van der Waals surface area contributed by atoms with E-state index >= 15 is 0 Å². The van der Waals surface area contributed by atoms with Crippen LogP contribution in [0, 0.1) is 0 Å². The van der Waals surface area contributed by atoms with Gasteiger partial charge in [-0.3, -0.25) is 0 Å². The van der Waals surface area contributed by atoms with E-state index < -0.39 is 12.1 Å². The van der Waals surface area contributed by atoms with E-state index in [0.29, 0.717) is 17.4 Å². The molecule has 0 rings (SSSR count). The first kappa shape index (κ1) is 13.1. The summed E-state index contributed by atoms with van der Waals surface area (Å²) in [4.78, 5) is 10.4. The molecule has 0 aromatic heterocycles. The van der Waals surface area contributed by atoms with Gasteiger partial charge < -0.3 is 14.7 Å². The average Bonchev–Trinajstić information content (AvgIpc) is 1.96. The van der Waals surface area contributed by atoms with Crippen LogP contribution in [0.2, 0.25) is 0 Å². The Labute approximate surface area is 85.1 Å². The lowest BCUT2D eigenvalue weighted by molar-refractivity contribution is -0.873. The maximum atomic E-state index is 10.4. The zero-order valence-corrected chi connectivity index (χ0v) is 9.32. The Morgan fingerprint density at radius 3 is 2.29 bits per heavy atom. The van der Waals surface area contributed by atoms with Gasteiger partial charge in [0, 0.05) is 5.57 Å². The monoisotopic (exact) mass is 202 g/mol. The molecule has 0 heterocycles. The lowest BCUT2D eigenvalue weighted by Gasteiger charge is -2.26. The van der Waals surface area contributed by atoms with Crippen molar-refractivity contribution in [1.29, 1.82) is 0 Å². The van der Waals surface area contributed by atoms with Gasteiger partial charge in [-0.05, 0) is 13.3 Å². The third kappa shape index (κ3) is 6.62. The lowest BCUT2D eigenvalue weighted by Crippen LogP contribution is -2.41. The third-order valence-electron chi connectivity index (χ3n) is 1.79. The van der Waals surface area contributed by atoms with Crippen molar-refractivity contribution in [2.45, 2.75) is 19.4 Å². The second kappa shape index (κ2) is 5.12. The zero-order valence-electron chi connectivity index (χ0n) is 9.32. The van der Waals surface area contributed by atoms with E-state index in [4.69, 9.17) is 5.11 Å². The average molecular weight is 202 g/mol. The number of carbonyl (C=O) groups is 1. The molecule has 0 aliphatic carbocycles. The first-order valence-corrected chi connectivity index (χ1v) is 4.61. The molecule has 14 heavy (non-hydrogen) atoms. The molecule has 2 N–H and O–H groups in total. The van der Waals surface area contributed by atoms with Gasteiger partial charge in [0.25, 0.3) is 0 Å². The van der Waals surface area contributed by atoms with E-state index in [1.807, 2.05) is 21.1 Å². The normalized spacial score (nSPS) is 15.4. The third-order valence-corrected chi connectivity index (χ3v) is 1.79. The minimum atomic E-state index is -0.928. The van der Waals surface area contributed by atoms with Crippen LogP contribution in [0.4, 0.5) is 0 Å². The van der Waals surface area contributed by atoms with Crippen molar-refractivity contribution in [2.24, 2.45) is 0 Å². The molecule has 0 spiro atoms. The molecule has 0 saturated carbocycles. The maximum Gasteiger partial charge on any atom is 0.330 e. The van der Waals surface area contributed by atoms with Gasteiger partial charge in [0.05, 0.1) is 21.1 Å². The van der Waals surface area contributed by atoms with Crippen LogP contribution >= 0.6 is 0 Å². The Morgan fingerprint density at radius 1 is 1.43 bits per heavy atom. The number of aliphatic hydroxyl groups is 1. The smallest absolute Gasteiger partial charge is 0.330 e. The molecular weight excluding hydrogens is 182 g/mol. The van der Waals surface area contributed by atoms with Crippen LogP contribution in [0.3, 0.4) is 0 Å². The van der Waals surface area contributed by atoms with Crippen molar-refractivity contribution in [3.8, 4) is 0 Å². The number of likely N-dealkylation sites (N-methyl/N-ethyl adjacent to an activating group) is 1. The SMILES string of the molecule is CC(=CCC(O)C[N+](C)(C)C)C(=O)O. The first-order chi connectivity index (χ1) is 6.22. The Kier molecular flexibility index (Phi) is 4.80. The highest BCUT2D eigenvalue weighted by Gasteiger charge is 2.14. The van der Waals surface area contributed by atoms with Crippen molar-refractivity contribution in [1.82, 2.24) is 0 Å². The summed E-state index contributed by atoms with van der Waals surface area (Å²) in [5.41, 5.74) is 0.283. The van der Waals surface area contributed by atoms with Crippen LogP contribution in [-0.4, -0.2) is 54.5 Å². The highest BCUT2D eigenvalue weighted by atomic mass is 16.4. The molecule has 0 amide bonds. The van der Waals surface area contributed by atoms with E-state index in [0.717, 1.165) is 0 Å². The number of aliphatic carboxylic acids is 1. The second-order valence-electron chi connectivity index (χ2n) is 4.55. The molecule has 0 saturated heterocycles. The van der Waals surface area contributed by atoms with E-state index in [9.17, 15) is 9.90 Å². The molecule has 0 bridgehead atoms. The summed E-state index contributed by atoms with van der Waals surface area (Å²) in [5, 5.41) is 18.1. The molecule has 0 aliphatic heterocycles. The number of hydrogen-bond acceptors (Lipinski definition) is 2. The summed E-state index contributed by atoms with van der Waals surface area (Å²) in [6.45, 7) is 2.14. The van der Waals surface area contributed by atoms with Crippen molar-refractivity contribution in [2.75, 3.05) is 27.7 Å². The molecular formula is C10H20NO3+. The highest BCUT2D eigenvalue weighted by molar-refractivity contribution is 5.85. The number of carboxylic acid groups (broad SMARTS) is 1. The number of aliphatic hydroxyl groups excluding tert-OH is 1. The van der Waals surface area contributed by atoms with Crippen molar-refractivity contribution >= 4 is 5.97 Å². The summed E-state index contributed by atoms with van der Waals surface area (Å²) in [6.07, 6.45) is 1.47. The number of carboxylic acids is 1. The van der Waals surface area contributed by atoms with Crippen molar-refractivity contribution in [3.63, 3.8) is 0 Å². The van der Waals surface area contributed by atoms with Gasteiger partial charge in [-0.2, -0.15) is 0 Å². The Morgan fingerprint density at radius 2 is 1.93 bits per heavy atom. The molecule has 0 radical (unpaired) electrons. The van der Waals surface area contributed by atoms with Crippen LogP contribution in [0.1, 0.15) is 13.3 Å². The lowest BCUT2D eigenvalue weighted by atomic mass is 10.1. The van der Waals surface area contributed by atoms with Crippen LogP contribution in [-0.2, 0) is 4.79 Å². The fourth-order valence-corrected chi connectivity index (χ4v) is 1.11. The van der Waals surface area contributed by atoms with Crippen LogP contribution in [0.5, 0.6) is 0 Å². The number of hydrogen-bond donors (Lipinski definition) is 2. The number of rotatable bonds is 5. The zero-order chi connectivity index (χ0) is 11.4. The number of nitrogens with zero attached hydrogens (tertiary/aromatic N) is 1.